The normalized spacial score (nSPS) is 8.64. The molecule has 0 aliphatic carbocycles. The van der Waals surface area contributed by atoms with E-state index in [9.17, 15) is 4.39 Å². The highest BCUT2D eigenvalue weighted by molar-refractivity contribution is 9.09. The number of rotatable bonds is 1. The molecule has 1 aromatic rings. The summed E-state index contributed by atoms with van der Waals surface area (Å²) < 4.78 is 13.1. The largest absolute Gasteiger partial charge is 0.206 e. The molecule has 1 nitrogen and oxygen atoms in total. The summed E-state index contributed by atoms with van der Waals surface area (Å²) in [4.78, 5) is 0. The molecule has 0 aliphatic rings. The van der Waals surface area contributed by atoms with Crippen molar-refractivity contribution in [3.63, 3.8) is 0 Å². The van der Waals surface area contributed by atoms with Crippen molar-refractivity contribution in [2.75, 3.05) is 5.33 Å². The van der Waals surface area contributed by atoms with E-state index < -0.39 is 5.82 Å². The van der Waals surface area contributed by atoms with Crippen LogP contribution in [-0.2, 0) is 0 Å². The number of halogens is 2. The monoisotopic (exact) mass is 251 g/mol. The SMILES string of the molecule is N#Cc1ccc(C#CCCBr)cc1F. The third-order valence-electron chi connectivity index (χ3n) is 1.54. The van der Waals surface area contributed by atoms with Gasteiger partial charge in [-0.2, -0.15) is 5.26 Å². The van der Waals surface area contributed by atoms with Crippen molar-refractivity contribution in [2.24, 2.45) is 0 Å². The number of hydrogen-bond acceptors (Lipinski definition) is 1. The molecule has 0 aromatic heterocycles. The molecule has 0 aliphatic heterocycles. The van der Waals surface area contributed by atoms with Gasteiger partial charge in [-0.3, -0.25) is 0 Å². The van der Waals surface area contributed by atoms with Crippen LogP contribution in [0, 0.1) is 29.0 Å². The molecule has 0 saturated heterocycles. The fourth-order valence-corrected chi connectivity index (χ4v) is 1.09. The predicted octanol–water partition coefficient (Wildman–Crippen LogP) is 2.83. The second kappa shape index (κ2) is 5.42. The highest BCUT2D eigenvalue weighted by Crippen LogP contribution is 2.08. The van der Waals surface area contributed by atoms with Crippen LogP contribution in [0.2, 0.25) is 0 Å². The van der Waals surface area contributed by atoms with Crippen LogP contribution in [0.5, 0.6) is 0 Å². The average Bonchev–Trinajstić information content (AvgIpc) is 2.18. The lowest BCUT2D eigenvalue weighted by molar-refractivity contribution is 0.623. The first-order valence-electron chi connectivity index (χ1n) is 4.02. The summed E-state index contributed by atoms with van der Waals surface area (Å²) in [6.07, 6.45) is 0.724. The minimum absolute atomic E-state index is 0.0519. The maximum Gasteiger partial charge on any atom is 0.142 e. The van der Waals surface area contributed by atoms with Gasteiger partial charge in [0.1, 0.15) is 11.9 Å². The van der Waals surface area contributed by atoms with Crippen molar-refractivity contribution < 1.29 is 4.39 Å². The molecule has 0 spiro atoms. The van der Waals surface area contributed by atoms with Crippen LogP contribution >= 0.6 is 15.9 Å². The fraction of sp³-hybridized carbons (Fsp3) is 0.182. The summed E-state index contributed by atoms with van der Waals surface area (Å²) in [5, 5.41) is 9.30. The molecule has 3 heteroatoms. The van der Waals surface area contributed by atoms with Gasteiger partial charge in [0, 0.05) is 17.3 Å². The van der Waals surface area contributed by atoms with Crippen molar-refractivity contribution in [3.8, 4) is 17.9 Å². The Morgan fingerprint density at radius 2 is 2.21 bits per heavy atom. The summed E-state index contributed by atoms with van der Waals surface area (Å²) in [6.45, 7) is 0. The van der Waals surface area contributed by atoms with Crippen molar-refractivity contribution in [3.05, 3.63) is 35.1 Å². The Hall–Kier alpha value is -1.32. The first kappa shape index (κ1) is 10.8. The molecule has 0 radical (unpaired) electrons. The minimum Gasteiger partial charge on any atom is -0.206 e. The van der Waals surface area contributed by atoms with Crippen molar-refractivity contribution in [2.45, 2.75) is 6.42 Å². The number of benzene rings is 1. The summed E-state index contributed by atoms with van der Waals surface area (Å²) in [6, 6.07) is 6.12. The molecule has 14 heavy (non-hydrogen) atoms. The van der Waals surface area contributed by atoms with Gasteiger partial charge in [-0.15, -0.1) is 0 Å². The van der Waals surface area contributed by atoms with E-state index >= 15 is 0 Å². The Morgan fingerprint density at radius 1 is 1.43 bits per heavy atom. The van der Waals surface area contributed by atoms with Gasteiger partial charge >= 0.3 is 0 Å². The van der Waals surface area contributed by atoms with Crippen LogP contribution < -0.4 is 0 Å². The maximum absolute atomic E-state index is 13.1. The summed E-state index contributed by atoms with van der Waals surface area (Å²) >= 11 is 3.24. The molecule has 0 heterocycles. The quantitative estimate of drug-likeness (QED) is 0.557. The number of alkyl halides is 1. The minimum atomic E-state index is -0.516. The molecule has 0 saturated carbocycles. The van der Waals surface area contributed by atoms with Gasteiger partial charge in [-0.1, -0.05) is 27.8 Å². The van der Waals surface area contributed by atoms with Gasteiger partial charge in [-0.05, 0) is 18.2 Å². The highest BCUT2D eigenvalue weighted by Gasteiger charge is 1.99. The van der Waals surface area contributed by atoms with E-state index in [1.54, 1.807) is 12.1 Å². The Bertz CT molecular complexity index is 423. The Labute approximate surface area is 90.7 Å². The first-order chi connectivity index (χ1) is 6.77. The molecule has 0 N–H and O–H groups in total. The van der Waals surface area contributed by atoms with E-state index in [1.807, 2.05) is 0 Å². The Balaban J connectivity index is 2.89. The van der Waals surface area contributed by atoms with E-state index in [2.05, 4.69) is 27.8 Å². The van der Waals surface area contributed by atoms with Crippen molar-refractivity contribution in [1.29, 1.82) is 5.26 Å². The van der Waals surface area contributed by atoms with Crippen LogP contribution in [0.25, 0.3) is 0 Å². The summed E-state index contributed by atoms with van der Waals surface area (Å²) in [5.74, 6) is 5.16. The molecule has 0 fully saturated rings. The first-order valence-corrected chi connectivity index (χ1v) is 5.14. The van der Waals surface area contributed by atoms with Gasteiger partial charge < -0.3 is 0 Å². The molecule has 0 bridgehead atoms. The van der Waals surface area contributed by atoms with Crippen LogP contribution in [0.3, 0.4) is 0 Å². The molecule has 1 aromatic carbocycles. The van der Waals surface area contributed by atoms with Crippen molar-refractivity contribution >= 4 is 15.9 Å². The van der Waals surface area contributed by atoms with Crippen LogP contribution in [0.1, 0.15) is 17.5 Å². The maximum atomic E-state index is 13.1. The zero-order valence-corrected chi connectivity index (χ0v) is 8.94. The number of hydrogen-bond donors (Lipinski definition) is 0. The van der Waals surface area contributed by atoms with Gasteiger partial charge in [0.25, 0.3) is 0 Å². The van der Waals surface area contributed by atoms with E-state index in [0.29, 0.717) is 5.56 Å². The van der Waals surface area contributed by atoms with Gasteiger partial charge in [0.05, 0.1) is 5.56 Å². The highest BCUT2D eigenvalue weighted by atomic mass is 79.9. The summed E-state index contributed by atoms with van der Waals surface area (Å²) in [5.41, 5.74) is 0.651. The molecule has 1 rings (SSSR count). The van der Waals surface area contributed by atoms with Crippen LogP contribution in [0.4, 0.5) is 4.39 Å². The zero-order valence-electron chi connectivity index (χ0n) is 7.35. The Morgan fingerprint density at radius 3 is 2.79 bits per heavy atom. The standard InChI is InChI=1S/C11H7BrFN/c12-6-2-1-3-9-4-5-10(8-14)11(13)7-9/h4-5,7H,2,6H2. The lowest BCUT2D eigenvalue weighted by Gasteiger charge is -1.93. The zero-order chi connectivity index (χ0) is 10.4. The average molecular weight is 252 g/mol. The van der Waals surface area contributed by atoms with E-state index in [0.717, 1.165) is 11.8 Å². The third kappa shape index (κ3) is 2.87. The second-order valence-corrected chi connectivity index (χ2v) is 3.34. The molecule has 0 atom stereocenters. The molecule has 0 amide bonds. The topological polar surface area (TPSA) is 23.8 Å². The van der Waals surface area contributed by atoms with E-state index in [4.69, 9.17) is 5.26 Å². The van der Waals surface area contributed by atoms with Crippen molar-refractivity contribution in [1.82, 2.24) is 0 Å². The van der Waals surface area contributed by atoms with Gasteiger partial charge in [0.15, 0.2) is 0 Å². The Kier molecular flexibility index (Phi) is 4.16. The van der Waals surface area contributed by atoms with Gasteiger partial charge in [-0.25, -0.2) is 4.39 Å². The smallest absolute Gasteiger partial charge is 0.142 e. The number of nitrogens with zero attached hydrogens (tertiary/aromatic N) is 1. The number of nitriles is 1. The third-order valence-corrected chi connectivity index (χ3v) is 1.94. The predicted molar refractivity (Wildman–Crippen MR) is 56.4 cm³/mol. The van der Waals surface area contributed by atoms with Gasteiger partial charge in [0.2, 0.25) is 0 Å². The fourth-order valence-electron chi connectivity index (χ4n) is 0.895. The second-order valence-electron chi connectivity index (χ2n) is 2.55. The van der Waals surface area contributed by atoms with E-state index in [1.165, 1.54) is 12.1 Å². The molecular weight excluding hydrogens is 245 g/mol. The van der Waals surface area contributed by atoms with Crippen LogP contribution in [-0.4, -0.2) is 5.33 Å². The van der Waals surface area contributed by atoms with Crippen LogP contribution in [0.15, 0.2) is 18.2 Å². The van der Waals surface area contributed by atoms with E-state index in [-0.39, 0.29) is 5.56 Å². The lowest BCUT2D eigenvalue weighted by atomic mass is 10.1. The molecular formula is C11H7BrFN. The lowest BCUT2D eigenvalue weighted by Crippen LogP contribution is -1.84. The summed E-state index contributed by atoms with van der Waals surface area (Å²) in [7, 11) is 0. The molecule has 70 valence electrons. The molecule has 0 unspecified atom stereocenters.